The molecule has 11 heavy (non-hydrogen) atoms. The molecule has 0 fully saturated rings. The first-order chi connectivity index (χ1) is 5.29. The summed E-state index contributed by atoms with van der Waals surface area (Å²) in [4.78, 5) is 0. The van der Waals surface area contributed by atoms with E-state index in [-0.39, 0.29) is 0 Å². The Morgan fingerprint density at radius 3 is 2.64 bits per heavy atom. The van der Waals surface area contributed by atoms with E-state index >= 15 is 0 Å². The van der Waals surface area contributed by atoms with E-state index in [1.165, 1.54) is 5.56 Å². The molecular formula is C10H12O. The van der Waals surface area contributed by atoms with Gasteiger partial charge in [-0.15, -0.1) is 0 Å². The van der Waals surface area contributed by atoms with E-state index in [0.29, 0.717) is 12.0 Å². The fourth-order valence-electron chi connectivity index (χ4n) is 1.52. The average molecular weight is 148 g/mol. The monoisotopic (exact) mass is 148 g/mol. The Balaban J connectivity index is 2.47. The van der Waals surface area contributed by atoms with E-state index in [9.17, 15) is 0 Å². The van der Waals surface area contributed by atoms with Gasteiger partial charge in [-0.25, -0.2) is 0 Å². The van der Waals surface area contributed by atoms with Gasteiger partial charge in [0.15, 0.2) is 0 Å². The highest BCUT2D eigenvalue weighted by Gasteiger charge is 2.26. The molecule has 58 valence electrons. The predicted molar refractivity (Wildman–Crippen MR) is 44.9 cm³/mol. The minimum Gasteiger partial charge on any atom is -0.490 e. The largest absolute Gasteiger partial charge is 0.490 e. The van der Waals surface area contributed by atoms with Crippen LogP contribution in [-0.2, 0) is 0 Å². The third-order valence-corrected chi connectivity index (χ3v) is 2.43. The molecule has 0 spiro atoms. The Kier molecular flexibility index (Phi) is 1.38. The van der Waals surface area contributed by atoms with E-state index < -0.39 is 0 Å². The zero-order valence-corrected chi connectivity index (χ0v) is 6.87. The quantitative estimate of drug-likeness (QED) is 0.549. The smallest absolute Gasteiger partial charge is 0.123 e. The SMILES string of the molecule is CC1Oc2ccccc2C1C. The first-order valence-corrected chi connectivity index (χ1v) is 4.04. The van der Waals surface area contributed by atoms with Crippen LogP contribution >= 0.6 is 0 Å². The molecule has 0 aliphatic carbocycles. The van der Waals surface area contributed by atoms with Gasteiger partial charge in [0.05, 0.1) is 0 Å². The van der Waals surface area contributed by atoms with Gasteiger partial charge in [0.25, 0.3) is 0 Å². The highest BCUT2D eigenvalue weighted by atomic mass is 16.5. The molecule has 2 rings (SSSR count). The lowest BCUT2D eigenvalue weighted by Gasteiger charge is -2.06. The summed E-state index contributed by atoms with van der Waals surface area (Å²) >= 11 is 0. The normalized spacial score (nSPS) is 27.8. The van der Waals surface area contributed by atoms with Crippen LogP contribution < -0.4 is 4.74 Å². The van der Waals surface area contributed by atoms with Crippen LogP contribution in [0.4, 0.5) is 0 Å². The number of benzene rings is 1. The molecule has 0 N–H and O–H groups in total. The van der Waals surface area contributed by atoms with Gasteiger partial charge in [-0.2, -0.15) is 0 Å². The first kappa shape index (κ1) is 6.71. The Morgan fingerprint density at radius 2 is 1.91 bits per heavy atom. The number of hydrogen-bond donors (Lipinski definition) is 0. The van der Waals surface area contributed by atoms with Crippen molar-refractivity contribution in [2.75, 3.05) is 0 Å². The molecule has 1 aliphatic rings. The average Bonchev–Trinajstić information content (AvgIpc) is 2.30. The fraction of sp³-hybridized carbons (Fsp3) is 0.400. The number of ether oxygens (including phenoxy) is 1. The maximum Gasteiger partial charge on any atom is 0.123 e. The van der Waals surface area contributed by atoms with Crippen molar-refractivity contribution < 1.29 is 4.74 Å². The van der Waals surface area contributed by atoms with Crippen LogP contribution in [0.5, 0.6) is 5.75 Å². The number of rotatable bonds is 0. The van der Waals surface area contributed by atoms with Crippen LogP contribution in [0.2, 0.25) is 0 Å². The summed E-state index contributed by atoms with van der Waals surface area (Å²) in [7, 11) is 0. The van der Waals surface area contributed by atoms with E-state index in [0.717, 1.165) is 5.75 Å². The molecule has 1 aromatic rings. The molecule has 1 aromatic carbocycles. The summed E-state index contributed by atoms with van der Waals surface area (Å²) < 4.78 is 5.62. The molecule has 1 heteroatoms. The van der Waals surface area contributed by atoms with Crippen molar-refractivity contribution in [1.29, 1.82) is 0 Å². The van der Waals surface area contributed by atoms with E-state index in [2.05, 4.69) is 26.0 Å². The van der Waals surface area contributed by atoms with Crippen molar-refractivity contribution in [2.45, 2.75) is 25.9 Å². The molecule has 0 saturated heterocycles. The summed E-state index contributed by atoms with van der Waals surface area (Å²) in [5.41, 5.74) is 1.35. The second-order valence-corrected chi connectivity index (χ2v) is 3.15. The molecule has 2 atom stereocenters. The van der Waals surface area contributed by atoms with Crippen molar-refractivity contribution in [3.63, 3.8) is 0 Å². The number of hydrogen-bond acceptors (Lipinski definition) is 1. The standard InChI is InChI=1S/C10H12O/c1-7-8(2)11-10-6-4-3-5-9(7)10/h3-8H,1-2H3. The van der Waals surface area contributed by atoms with Crippen LogP contribution in [0.3, 0.4) is 0 Å². The van der Waals surface area contributed by atoms with Gasteiger partial charge >= 0.3 is 0 Å². The van der Waals surface area contributed by atoms with Crippen LogP contribution in [0.1, 0.15) is 25.3 Å². The number of fused-ring (bicyclic) bond motifs is 1. The lowest BCUT2D eigenvalue weighted by Crippen LogP contribution is -2.10. The Labute approximate surface area is 67.0 Å². The zero-order valence-electron chi connectivity index (χ0n) is 6.87. The minimum absolute atomic E-state index is 0.340. The van der Waals surface area contributed by atoms with Gasteiger partial charge in [0, 0.05) is 11.5 Å². The van der Waals surface area contributed by atoms with Gasteiger partial charge in [-0.1, -0.05) is 25.1 Å². The van der Waals surface area contributed by atoms with Crippen LogP contribution in [-0.4, -0.2) is 6.10 Å². The number of para-hydroxylation sites is 1. The molecular weight excluding hydrogens is 136 g/mol. The topological polar surface area (TPSA) is 9.23 Å². The van der Waals surface area contributed by atoms with Gasteiger partial charge in [-0.3, -0.25) is 0 Å². The molecule has 0 radical (unpaired) electrons. The van der Waals surface area contributed by atoms with Crippen LogP contribution in [0.25, 0.3) is 0 Å². The summed E-state index contributed by atoms with van der Waals surface area (Å²) in [6, 6.07) is 8.26. The molecule has 1 aliphatic heterocycles. The second-order valence-electron chi connectivity index (χ2n) is 3.15. The first-order valence-electron chi connectivity index (χ1n) is 4.04. The second kappa shape index (κ2) is 2.26. The Bertz CT molecular complexity index is 267. The fourth-order valence-corrected chi connectivity index (χ4v) is 1.52. The van der Waals surface area contributed by atoms with Gasteiger partial charge in [-0.05, 0) is 13.0 Å². The molecule has 1 nitrogen and oxygen atoms in total. The molecule has 0 bridgehead atoms. The zero-order chi connectivity index (χ0) is 7.84. The maximum atomic E-state index is 5.62. The van der Waals surface area contributed by atoms with Crippen molar-refractivity contribution in [1.82, 2.24) is 0 Å². The van der Waals surface area contributed by atoms with Crippen molar-refractivity contribution in [3.05, 3.63) is 29.8 Å². The Hall–Kier alpha value is -0.980. The molecule has 2 unspecified atom stereocenters. The van der Waals surface area contributed by atoms with E-state index in [1.54, 1.807) is 0 Å². The maximum absolute atomic E-state index is 5.62. The molecule has 0 amide bonds. The minimum atomic E-state index is 0.340. The highest BCUT2D eigenvalue weighted by molar-refractivity contribution is 5.40. The summed E-state index contributed by atoms with van der Waals surface area (Å²) in [5, 5.41) is 0. The lowest BCUT2D eigenvalue weighted by molar-refractivity contribution is 0.232. The third kappa shape index (κ3) is 0.917. The summed E-state index contributed by atoms with van der Waals surface area (Å²) in [6.45, 7) is 4.32. The van der Waals surface area contributed by atoms with Crippen molar-refractivity contribution >= 4 is 0 Å². The lowest BCUT2D eigenvalue weighted by atomic mass is 9.99. The molecule has 1 heterocycles. The van der Waals surface area contributed by atoms with E-state index in [4.69, 9.17) is 4.74 Å². The van der Waals surface area contributed by atoms with Crippen molar-refractivity contribution in [2.24, 2.45) is 0 Å². The van der Waals surface area contributed by atoms with Gasteiger partial charge in [0.1, 0.15) is 11.9 Å². The third-order valence-electron chi connectivity index (χ3n) is 2.43. The predicted octanol–water partition coefficient (Wildman–Crippen LogP) is 2.57. The molecule has 0 aromatic heterocycles. The highest BCUT2D eigenvalue weighted by Crippen LogP contribution is 2.36. The van der Waals surface area contributed by atoms with Crippen LogP contribution in [0.15, 0.2) is 24.3 Å². The van der Waals surface area contributed by atoms with Gasteiger partial charge in [0.2, 0.25) is 0 Å². The van der Waals surface area contributed by atoms with Gasteiger partial charge < -0.3 is 4.74 Å². The van der Waals surface area contributed by atoms with E-state index in [1.807, 2.05) is 12.1 Å². The van der Waals surface area contributed by atoms with Crippen LogP contribution in [0, 0.1) is 0 Å². The van der Waals surface area contributed by atoms with Crippen molar-refractivity contribution in [3.8, 4) is 5.75 Å². The summed E-state index contributed by atoms with van der Waals surface area (Å²) in [6.07, 6.45) is 0.340. The summed E-state index contributed by atoms with van der Waals surface area (Å²) in [5.74, 6) is 1.61. The Morgan fingerprint density at radius 1 is 1.18 bits per heavy atom. The molecule has 0 saturated carbocycles.